The van der Waals surface area contributed by atoms with Gasteiger partial charge in [0.1, 0.15) is 16.3 Å². The summed E-state index contributed by atoms with van der Waals surface area (Å²) in [5.74, 6) is 0.452. The van der Waals surface area contributed by atoms with Gasteiger partial charge in [0.05, 0.1) is 0 Å². The Bertz CT molecular complexity index is 755. The van der Waals surface area contributed by atoms with Crippen LogP contribution in [-0.4, -0.2) is 19.9 Å². The summed E-state index contributed by atoms with van der Waals surface area (Å²) < 4.78 is 17.7. The molecule has 2 N–H and O–H groups in total. The molecule has 0 radical (unpaired) electrons. The summed E-state index contributed by atoms with van der Waals surface area (Å²) in [6.07, 6.45) is 4.15. The first kappa shape index (κ1) is 12.8. The zero-order chi connectivity index (χ0) is 13.9. The maximum Gasteiger partial charge on any atom is 0.287 e. The van der Waals surface area contributed by atoms with Crippen LogP contribution in [0.1, 0.15) is 5.56 Å². The van der Waals surface area contributed by atoms with E-state index in [-0.39, 0.29) is 5.22 Å². The van der Waals surface area contributed by atoms with E-state index in [2.05, 4.69) is 9.97 Å². The molecule has 0 amide bonds. The van der Waals surface area contributed by atoms with Gasteiger partial charge in [0, 0.05) is 29.9 Å². The van der Waals surface area contributed by atoms with E-state index in [4.69, 9.17) is 10.2 Å². The van der Waals surface area contributed by atoms with Crippen LogP contribution in [0.15, 0.2) is 52.4 Å². The number of oxazole rings is 1. The number of hydrogen-bond acceptors (Lipinski definition) is 5. The third-order valence-corrected chi connectivity index (χ3v) is 4.03. The number of aromatic nitrogens is 2. The van der Waals surface area contributed by atoms with E-state index in [1.165, 1.54) is 0 Å². The summed E-state index contributed by atoms with van der Waals surface area (Å²) in [4.78, 5) is 8.26. The predicted molar refractivity (Wildman–Crippen MR) is 77.6 cm³/mol. The fraction of sp³-hybridized carbons (Fsp3) is 0.143. The minimum absolute atomic E-state index is 0.245. The fourth-order valence-electron chi connectivity index (χ4n) is 1.86. The number of pyridine rings is 1. The highest BCUT2D eigenvalue weighted by atomic mass is 32.2. The standard InChI is InChI=1S/C14H13N3O2S/c15-11-3-4-12-13(8-11)19-14(17-12)20(18)7-5-10-2-1-6-16-9-10/h1-4,6,8-9H,5,7,15H2. The Balaban J connectivity index is 1.75. The summed E-state index contributed by atoms with van der Waals surface area (Å²) in [7, 11) is -1.27. The van der Waals surface area contributed by atoms with Gasteiger partial charge in [-0.1, -0.05) is 6.07 Å². The minimum atomic E-state index is -1.27. The van der Waals surface area contributed by atoms with Crippen molar-refractivity contribution in [3.63, 3.8) is 0 Å². The first-order chi connectivity index (χ1) is 9.72. The van der Waals surface area contributed by atoms with Crippen LogP contribution in [0.4, 0.5) is 5.69 Å². The second kappa shape index (κ2) is 5.42. The van der Waals surface area contributed by atoms with Crippen LogP contribution in [0.5, 0.6) is 0 Å². The first-order valence-electron chi connectivity index (χ1n) is 6.16. The molecule has 1 aromatic carbocycles. The lowest BCUT2D eigenvalue weighted by atomic mass is 10.2. The second-order valence-electron chi connectivity index (χ2n) is 4.37. The lowest BCUT2D eigenvalue weighted by Crippen LogP contribution is -2.02. The van der Waals surface area contributed by atoms with Crippen molar-refractivity contribution < 1.29 is 8.63 Å². The molecule has 0 aliphatic heterocycles. The normalized spacial score (nSPS) is 12.6. The lowest BCUT2D eigenvalue weighted by molar-refractivity contribution is 0.478. The van der Waals surface area contributed by atoms with Crippen molar-refractivity contribution in [2.24, 2.45) is 0 Å². The Kier molecular flexibility index (Phi) is 3.47. The minimum Gasteiger partial charge on any atom is -0.430 e. The van der Waals surface area contributed by atoms with Crippen molar-refractivity contribution >= 4 is 27.6 Å². The van der Waals surface area contributed by atoms with E-state index in [1.807, 2.05) is 12.1 Å². The van der Waals surface area contributed by atoms with Gasteiger partial charge in [0.2, 0.25) is 0 Å². The molecule has 3 aromatic rings. The third kappa shape index (κ3) is 2.70. The molecule has 0 aliphatic rings. The van der Waals surface area contributed by atoms with Gasteiger partial charge in [-0.3, -0.25) is 4.98 Å². The van der Waals surface area contributed by atoms with Crippen LogP contribution in [0.3, 0.4) is 0 Å². The zero-order valence-electron chi connectivity index (χ0n) is 10.7. The Morgan fingerprint density at radius 1 is 1.30 bits per heavy atom. The summed E-state index contributed by atoms with van der Waals surface area (Å²) in [5.41, 5.74) is 8.55. The molecule has 1 atom stereocenters. The molecule has 0 aliphatic carbocycles. The third-order valence-electron chi connectivity index (χ3n) is 2.89. The van der Waals surface area contributed by atoms with Crippen molar-refractivity contribution in [3.05, 3.63) is 48.3 Å². The van der Waals surface area contributed by atoms with E-state index >= 15 is 0 Å². The molecule has 0 fully saturated rings. The van der Waals surface area contributed by atoms with Crippen LogP contribution >= 0.6 is 0 Å². The molecule has 0 saturated carbocycles. The number of benzene rings is 1. The number of aryl methyl sites for hydroxylation is 1. The molecule has 0 bridgehead atoms. The van der Waals surface area contributed by atoms with Gasteiger partial charge in [-0.05, 0) is 30.2 Å². The summed E-state index contributed by atoms with van der Waals surface area (Å²) in [6.45, 7) is 0. The molecule has 2 aromatic heterocycles. The number of rotatable bonds is 4. The van der Waals surface area contributed by atoms with Gasteiger partial charge in [0.15, 0.2) is 5.58 Å². The second-order valence-corrected chi connectivity index (χ2v) is 5.82. The smallest absolute Gasteiger partial charge is 0.287 e. The zero-order valence-corrected chi connectivity index (χ0v) is 11.5. The van der Waals surface area contributed by atoms with Crippen LogP contribution < -0.4 is 5.73 Å². The highest BCUT2D eigenvalue weighted by molar-refractivity contribution is 7.84. The fourth-order valence-corrected chi connectivity index (χ4v) is 2.84. The van der Waals surface area contributed by atoms with Crippen LogP contribution in [0.25, 0.3) is 11.1 Å². The maximum atomic E-state index is 12.2. The average molecular weight is 287 g/mol. The number of fused-ring (bicyclic) bond motifs is 1. The van der Waals surface area contributed by atoms with Crippen molar-refractivity contribution in [3.8, 4) is 0 Å². The van der Waals surface area contributed by atoms with Gasteiger partial charge in [0.25, 0.3) is 5.22 Å². The maximum absolute atomic E-state index is 12.2. The van der Waals surface area contributed by atoms with Crippen LogP contribution in [0.2, 0.25) is 0 Å². The van der Waals surface area contributed by atoms with Crippen LogP contribution in [0, 0.1) is 0 Å². The molecule has 0 saturated heterocycles. The van der Waals surface area contributed by atoms with E-state index in [9.17, 15) is 4.21 Å². The SMILES string of the molecule is Nc1ccc2nc(S(=O)CCc3cccnc3)oc2c1. The first-order valence-corrected chi connectivity index (χ1v) is 7.47. The molecule has 0 spiro atoms. The van der Waals surface area contributed by atoms with Gasteiger partial charge >= 0.3 is 0 Å². The molecule has 6 heteroatoms. The summed E-state index contributed by atoms with van der Waals surface area (Å²) >= 11 is 0. The number of hydrogen-bond donors (Lipinski definition) is 1. The quantitative estimate of drug-likeness (QED) is 0.743. The average Bonchev–Trinajstić information content (AvgIpc) is 2.89. The highest BCUT2D eigenvalue weighted by Gasteiger charge is 2.13. The lowest BCUT2D eigenvalue weighted by Gasteiger charge is -1.98. The van der Waals surface area contributed by atoms with Crippen molar-refractivity contribution in [2.45, 2.75) is 11.6 Å². The number of anilines is 1. The molecule has 1 unspecified atom stereocenters. The van der Waals surface area contributed by atoms with Gasteiger partial charge < -0.3 is 10.2 Å². The molecular weight excluding hydrogens is 274 g/mol. The van der Waals surface area contributed by atoms with E-state index < -0.39 is 10.8 Å². The molecule has 20 heavy (non-hydrogen) atoms. The summed E-state index contributed by atoms with van der Waals surface area (Å²) in [5, 5.41) is 0.245. The molecule has 2 heterocycles. The Labute approximate surface area is 118 Å². The largest absolute Gasteiger partial charge is 0.430 e. The summed E-state index contributed by atoms with van der Waals surface area (Å²) in [6, 6.07) is 9.00. The predicted octanol–water partition coefficient (Wildman–Crippen LogP) is 2.16. The number of nitrogen functional groups attached to an aromatic ring is 1. The van der Waals surface area contributed by atoms with E-state index in [1.54, 1.807) is 30.6 Å². The van der Waals surface area contributed by atoms with Gasteiger partial charge in [-0.2, -0.15) is 0 Å². The van der Waals surface area contributed by atoms with E-state index in [0.29, 0.717) is 29.0 Å². The van der Waals surface area contributed by atoms with Crippen molar-refractivity contribution in [2.75, 3.05) is 11.5 Å². The van der Waals surface area contributed by atoms with E-state index in [0.717, 1.165) is 5.56 Å². The monoisotopic (exact) mass is 287 g/mol. The molecule has 102 valence electrons. The highest BCUT2D eigenvalue weighted by Crippen LogP contribution is 2.20. The topological polar surface area (TPSA) is 82.0 Å². The van der Waals surface area contributed by atoms with Crippen LogP contribution in [-0.2, 0) is 17.2 Å². The van der Waals surface area contributed by atoms with Gasteiger partial charge in [-0.15, -0.1) is 0 Å². The number of nitrogens with zero attached hydrogens (tertiary/aromatic N) is 2. The Morgan fingerprint density at radius 3 is 3.00 bits per heavy atom. The van der Waals surface area contributed by atoms with Gasteiger partial charge in [-0.25, -0.2) is 9.19 Å². The number of nitrogens with two attached hydrogens (primary N) is 1. The molecular formula is C14H13N3O2S. The molecule has 5 nitrogen and oxygen atoms in total. The molecule has 3 rings (SSSR count). The Hall–Kier alpha value is -2.21. The Morgan fingerprint density at radius 2 is 2.20 bits per heavy atom. The van der Waals surface area contributed by atoms with Crippen molar-refractivity contribution in [1.29, 1.82) is 0 Å². The van der Waals surface area contributed by atoms with Crippen molar-refractivity contribution in [1.82, 2.24) is 9.97 Å².